The van der Waals surface area contributed by atoms with Crippen LogP contribution in [0.25, 0.3) is 0 Å². The van der Waals surface area contributed by atoms with Crippen molar-refractivity contribution in [1.29, 1.82) is 0 Å². The summed E-state index contributed by atoms with van der Waals surface area (Å²) in [6.45, 7) is 7.44. The fourth-order valence-electron chi connectivity index (χ4n) is 1.65. The first-order chi connectivity index (χ1) is 8.99. The van der Waals surface area contributed by atoms with Gasteiger partial charge in [-0.25, -0.2) is 14.6 Å². The first-order valence-electron chi connectivity index (χ1n) is 6.08. The van der Waals surface area contributed by atoms with Gasteiger partial charge < -0.3 is 9.47 Å². The fraction of sp³-hybridized carbons (Fsp3) is 0.462. The summed E-state index contributed by atoms with van der Waals surface area (Å²) < 4.78 is 9.74. The molecule has 0 aliphatic heterocycles. The lowest BCUT2D eigenvalue weighted by Gasteiger charge is -2.12. The lowest BCUT2D eigenvalue weighted by atomic mass is 10.1. The van der Waals surface area contributed by atoms with Crippen molar-refractivity contribution in [3.05, 3.63) is 22.9 Å². The Morgan fingerprint density at radius 1 is 1.21 bits per heavy atom. The third kappa shape index (κ3) is 3.94. The second-order valence-corrected chi connectivity index (χ2v) is 3.87. The largest absolute Gasteiger partial charge is 0.462 e. The highest BCUT2D eigenvalue weighted by molar-refractivity contribution is 5.99. The molecule has 1 aromatic rings. The number of anilines is 1. The number of hydrogen-bond acceptors (Lipinski definition) is 5. The molecule has 0 radical (unpaired) electrons. The maximum Gasteiger partial charge on any atom is 0.412 e. The molecule has 6 heteroatoms. The van der Waals surface area contributed by atoms with Crippen molar-refractivity contribution >= 4 is 17.9 Å². The van der Waals surface area contributed by atoms with Gasteiger partial charge in [0, 0.05) is 5.69 Å². The van der Waals surface area contributed by atoms with Gasteiger partial charge in [-0.15, -0.1) is 0 Å². The number of aromatic nitrogens is 1. The number of rotatable bonds is 4. The average Bonchev–Trinajstić information content (AvgIpc) is 2.28. The van der Waals surface area contributed by atoms with Crippen LogP contribution in [0.1, 0.15) is 35.5 Å². The Labute approximate surface area is 112 Å². The van der Waals surface area contributed by atoms with E-state index in [0.717, 1.165) is 0 Å². The van der Waals surface area contributed by atoms with Crippen LogP contribution in [0.4, 0.5) is 10.6 Å². The molecular formula is C13H18N2O4. The van der Waals surface area contributed by atoms with E-state index in [-0.39, 0.29) is 24.6 Å². The highest BCUT2D eigenvalue weighted by Crippen LogP contribution is 2.20. The molecule has 1 amide bonds. The summed E-state index contributed by atoms with van der Waals surface area (Å²) >= 11 is 0. The zero-order valence-electron chi connectivity index (χ0n) is 11.6. The number of nitrogens with zero attached hydrogens (tertiary/aromatic N) is 1. The van der Waals surface area contributed by atoms with Gasteiger partial charge in [-0.05, 0) is 39.3 Å². The van der Waals surface area contributed by atoms with E-state index in [2.05, 4.69) is 10.3 Å². The summed E-state index contributed by atoms with van der Waals surface area (Å²) in [5.41, 5.74) is 1.63. The zero-order chi connectivity index (χ0) is 14.4. The van der Waals surface area contributed by atoms with Gasteiger partial charge in [-0.3, -0.25) is 5.32 Å². The molecule has 1 heterocycles. The smallest absolute Gasteiger partial charge is 0.412 e. The van der Waals surface area contributed by atoms with E-state index in [1.165, 1.54) is 0 Å². The molecule has 0 aliphatic carbocycles. The Hall–Kier alpha value is -2.11. The quantitative estimate of drug-likeness (QED) is 0.847. The molecule has 1 N–H and O–H groups in total. The van der Waals surface area contributed by atoms with Crippen molar-refractivity contribution in [3.63, 3.8) is 0 Å². The first-order valence-corrected chi connectivity index (χ1v) is 6.08. The summed E-state index contributed by atoms with van der Waals surface area (Å²) in [6, 6.07) is 1.75. The van der Waals surface area contributed by atoms with E-state index in [1.54, 1.807) is 33.8 Å². The molecule has 1 aromatic heterocycles. The van der Waals surface area contributed by atoms with Gasteiger partial charge in [0.05, 0.1) is 13.2 Å². The SMILES string of the molecule is CCOC(=O)Nc1nc(C)cc(C)c1C(=O)OCC. The Kier molecular flexibility index (Phi) is 5.29. The molecule has 0 spiro atoms. The number of nitrogens with one attached hydrogen (secondary N) is 1. The molecule has 0 fully saturated rings. The number of pyridine rings is 1. The molecule has 0 bridgehead atoms. The maximum atomic E-state index is 11.9. The molecule has 0 saturated carbocycles. The van der Waals surface area contributed by atoms with Crippen LogP contribution >= 0.6 is 0 Å². The van der Waals surface area contributed by atoms with Gasteiger partial charge in [-0.1, -0.05) is 0 Å². The van der Waals surface area contributed by atoms with Crippen molar-refractivity contribution in [3.8, 4) is 0 Å². The molecule has 1 rings (SSSR count). The summed E-state index contributed by atoms with van der Waals surface area (Å²) in [6.07, 6.45) is -0.648. The minimum absolute atomic E-state index is 0.161. The lowest BCUT2D eigenvalue weighted by molar-refractivity contribution is 0.0526. The minimum Gasteiger partial charge on any atom is -0.462 e. The van der Waals surface area contributed by atoms with Gasteiger partial charge in [0.1, 0.15) is 11.4 Å². The summed E-state index contributed by atoms with van der Waals surface area (Å²) in [5, 5.41) is 2.46. The van der Waals surface area contributed by atoms with Gasteiger partial charge in [0.15, 0.2) is 0 Å². The predicted octanol–water partition coefficient (Wildman–Crippen LogP) is 2.44. The number of hydrogen-bond donors (Lipinski definition) is 1. The van der Waals surface area contributed by atoms with Gasteiger partial charge >= 0.3 is 12.1 Å². The van der Waals surface area contributed by atoms with E-state index >= 15 is 0 Å². The third-order valence-electron chi connectivity index (χ3n) is 2.32. The van der Waals surface area contributed by atoms with E-state index < -0.39 is 12.1 Å². The molecule has 19 heavy (non-hydrogen) atoms. The molecule has 0 aliphatic rings. The number of ether oxygens (including phenoxy) is 2. The zero-order valence-corrected chi connectivity index (χ0v) is 11.6. The van der Waals surface area contributed by atoms with Gasteiger partial charge in [0.2, 0.25) is 0 Å². The highest BCUT2D eigenvalue weighted by atomic mass is 16.5. The summed E-state index contributed by atoms with van der Waals surface area (Å²) in [7, 11) is 0. The van der Waals surface area contributed by atoms with Crippen molar-refractivity contribution in [2.45, 2.75) is 27.7 Å². The molecule has 0 unspecified atom stereocenters. The van der Waals surface area contributed by atoms with Crippen LogP contribution in [0, 0.1) is 13.8 Å². The van der Waals surface area contributed by atoms with Crippen LogP contribution < -0.4 is 5.32 Å². The number of aryl methyl sites for hydroxylation is 2. The topological polar surface area (TPSA) is 77.5 Å². The van der Waals surface area contributed by atoms with Crippen LogP contribution in [-0.2, 0) is 9.47 Å². The van der Waals surface area contributed by atoms with Crippen LogP contribution in [0.3, 0.4) is 0 Å². The predicted molar refractivity (Wildman–Crippen MR) is 70.3 cm³/mol. The maximum absolute atomic E-state index is 11.9. The fourth-order valence-corrected chi connectivity index (χ4v) is 1.65. The number of carbonyl (C=O) groups is 2. The van der Waals surface area contributed by atoms with Crippen molar-refractivity contribution < 1.29 is 19.1 Å². The van der Waals surface area contributed by atoms with E-state index in [0.29, 0.717) is 11.3 Å². The normalized spacial score (nSPS) is 9.89. The molecule has 0 saturated heterocycles. The number of amides is 1. The van der Waals surface area contributed by atoms with Crippen molar-refractivity contribution in [2.75, 3.05) is 18.5 Å². The lowest BCUT2D eigenvalue weighted by Crippen LogP contribution is -2.19. The third-order valence-corrected chi connectivity index (χ3v) is 2.32. The molecule has 104 valence electrons. The van der Waals surface area contributed by atoms with Crippen molar-refractivity contribution in [1.82, 2.24) is 4.98 Å². The van der Waals surface area contributed by atoms with Crippen LogP contribution in [0.5, 0.6) is 0 Å². The molecular weight excluding hydrogens is 248 g/mol. The first kappa shape index (κ1) is 14.9. The Balaban J connectivity index is 3.13. The van der Waals surface area contributed by atoms with E-state index in [4.69, 9.17) is 9.47 Å². The van der Waals surface area contributed by atoms with Gasteiger partial charge in [0.25, 0.3) is 0 Å². The molecule has 0 atom stereocenters. The Morgan fingerprint density at radius 2 is 1.84 bits per heavy atom. The molecule has 6 nitrogen and oxygen atoms in total. The van der Waals surface area contributed by atoms with Crippen molar-refractivity contribution in [2.24, 2.45) is 0 Å². The second-order valence-electron chi connectivity index (χ2n) is 3.87. The minimum atomic E-state index is -0.648. The molecule has 0 aromatic carbocycles. The second kappa shape index (κ2) is 6.72. The van der Waals surface area contributed by atoms with Crippen LogP contribution in [0.2, 0.25) is 0 Å². The van der Waals surface area contributed by atoms with Gasteiger partial charge in [-0.2, -0.15) is 0 Å². The summed E-state index contributed by atoms with van der Waals surface area (Å²) in [4.78, 5) is 27.5. The number of esters is 1. The number of carbonyl (C=O) groups excluding carboxylic acids is 2. The van der Waals surface area contributed by atoms with E-state index in [9.17, 15) is 9.59 Å². The Morgan fingerprint density at radius 3 is 2.42 bits per heavy atom. The van der Waals surface area contributed by atoms with Crippen LogP contribution in [0.15, 0.2) is 6.07 Å². The standard InChI is InChI=1S/C13H18N2O4/c1-5-18-12(16)10-8(3)7-9(4)14-11(10)15-13(17)19-6-2/h7H,5-6H2,1-4H3,(H,14,15,17). The van der Waals surface area contributed by atoms with Crippen LogP contribution in [-0.4, -0.2) is 30.3 Å². The summed E-state index contributed by atoms with van der Waals surface area (Å²) in [5.74, 6) is -0.353. The van der Waals surface area contributed by atoms with E-state index in [1.807, 2.05) is 0 Å². The average molecular weight is 266 g/mol. The monoisotopic (exact) mass is 266 g/mol. The Bertz CT molecular complexity index is 486. The highest BCUT2D eigenvalue weighted by Gasteiger charge is 2.19.